The van der Waals surface area contributed by atoms with E-state index in [1.54, 1.807) is 25.3 Å². The second-order valence-electron chi connectivity index (χ2n) is 8.37. The van der Waals surface area contributed by atoms with Gasteiger partial charge in [0.1, 0.15) is 23.2 Å². The third-order valence-electron chi connectivity index (χ3n) is 5.20. The number of nitrogens with two attached hydrogens (primary N) is 3. The van der Waals surface area contributed by atoms with Crippen LogP contribution in [0, 0.1) is 13.8 Å². The van der Waals surface area contributed by atoms with Crippen molar-refractivity contribution in [1.82, 2.24) is 9.55 Å². The molecule has 8 N–H and O–H groups in total. The molecule has 2 aromatic heterocycles. The number of pyridine rings is 2. The van der Waals surface area contributed by atoms with E-state index in [2.05, 4.69) is 14.9 Å². The first-order valence-electron chi connectivity index (χ1n) is 11.4. The van der Waals surface area contributed by atoms with Crippen LogP contribution in [-0.4, -0.2) is 53.7 Å². The van der Waals surface area contributed by atoms with Gasteiger partial charge in [0.05, 0.1) is 5.52 Å². The van der Waals surface area contributed by atoms with Crippen molar-refractivity contribution in [3.8, 4) is 0 Å². The van der Waals surface area contributed by atoms with Gasteiger partial charge in [-0.2, -0.15) is 13.2 Å². The van der Waals surface area contributed by atoms with Crippen LogP contribution in [0.2, 0.25) is 0 Å². The van der Waals surface area contributed by atoms with Crippen LogP contribution in [0.4, 0.5) is 18.9 Å². The Balaban J connectivity index is 0.000000745. The quantitative estimate of drug-likeness (QED) is 0.101. The summed E-state index contributed by atoms with van der Waals surface area (Å²) in [5, 5.41) is 11.1. The first-order valence-corrected chi connectivity index (χ1v) is 12.8. The van der Waals surface area contributed by atoms with Gasteiger partial charge in [-0.3, -0.25) is 23.9 Å². The zero-order valence-corrected chi connectivity index (χ0v) is 22.4. The molecule has 0 saturated heterocycles. The van der Waals surface area contributed by atoms with E-state index in [0.29, 0.717) is 11.1 Å². The van der Waals surface area contributed by atoms with Gasteiger partial charge >= 0.3 is 12.1 Å². The second-order valence-corrected chi connectivity index (χ2v) is 10.0. The molecular weight excluding hydrogens is 575 g/mol. The van der Waals surface area contributed by atoms with E-state index in [9.17, 15) is 31.2 Å². The van der Waals surface area contributed by atoms with Crippen molar-refractivity contribution >= 4 is 44.4 Å². The summed E-state index contributed by atoms with van der Waals surface area (Å²) in [7, 11) is -4.19. The topological polar surface area (TPSA) is 235 Å². The van der Waals surface area contributed by atoms with Crippen molar-refractivity contribution in [3.63, 3.8) is 0 Å². The van der Waals surface area contributed by atoms with Gasteiger partial charge in [-0.05, 0) is 48.8 Å². The highest BCUT2D eigenvalue weighted by Crippen LogP contribution is 2.24. The van der Waals surface area contributed by atoms with Crippen molar-refractivity contribution in [3.05, 3.63) is 64.2 Å². The highest BCUT2D eigenvalue weighted by atomic mass is 32.2. The molecule has 3 aromatic rings. The predicted molar refractivity (Wildman–Crippen MR) is 141 cm³/mol. The Bertz CT molecular complexity index is 1640. The lowest BCUT2D eigenvalue weighted by Gasteiger charge is -2.20. The van der Waals surface area contributed by atoms with Gasteiger partial charge in [-0.15, -0.1) is 0 Å². The number of carbonyl (C=O) groups excluding carboxylic acids is 1. The normalized spacial score (nSPS) is 12.0. The van der Waals surface area contributed by atoms with E-state index in [4.69, 9.17) is 31.9 Å². The maximum atomic E-state index is 13.2. The number of aromatic nitrogens is 2. The number of nitrogens with one attached hydrogen (secondary N) is 1. The largest absolute Gasteiger partial charge is 0.490 e. The van der Waals surface area contributed by atoms with Crippen LogP contribution in [0.5, 0.6) is 0 Å². The lowest BCUT2D eigenvalue weighted by molar-refractivity contribution is -0.192. The van der Waals surface area contributed by atoms with Gasteiger partial charge in [0.25, 0.3) is 15.6 Å². The minimum Gasteiger partial charge on any atom is -0.475 e. The third kappa shape index (κ3) is 8.56. The molecule has 0 aliphatic carbocycles. The van der Waals surface area contributed by atoms with Crippen LogP contribution in [0.25, 0.3) is 10.9 Å². The number of aliphatic carboxylic acids is 1. The first kappa shape index (κ1) is 32.3. The number of carboxylic acids is 1. The number of halogens is 3. The Kier molecular flexibility index (Phi) is 10.2. The lowest BCUT2D eigenvalue weighted by atomic mass is 10.1. The smallest absolute Gasteiger partial charge is 0.475 e. The predicted octanol–water partition coefficient (Wildman–Crippen LogP) is 1.07. The van der Waals surface area contributed by atoms with E-state index in [1.165, 1.54) is 18.2 Å². The van der Waals surface area contributed by atoms with Gasteiger partial charge in [0.15, 0.2) is 0 Å². The van der Waals surface area contributed by atoms with Crippen molar-refractivity contribution < 1.29 is 41.1 Å². The van der Waals surface area contributed by atoms with E-state index < -0.39 is 39.7 Å². The molecule has 2 heterocycles. The summed E-state index contributed by atoms with van der Waals surface area (Å²) < 4.78 is 61.5. The summed E-state index contributed by atoms with van der Waals surface area (Å²) in [6.45, 7) is 3.32. The van der Waals surface area contributed by atoms with E-state index in [-0.39, 0.29) is 35.1 Å². The second kappa shape index (κ2) is 13.0. The summed E-state index contributed by atoms with van der Waals surface area (Å²) in [6.07, 6.45) is -3.56. The average Bonchev–Trinajstić information content (AvgIpc) is 2.86. The van der Waals surface area contributed by atoms with Gasteiger partial charge < -0.3 is 27.1 Å². The summed E-state index contributed by atoms with van der Waals surface area (Å²) in [6, 6.07) is 8.22. The number of amides is 1. The number of aryl methyl sites for hydroxylation is 2. The van der Waals surface area contributed by atoms with Gasteiger partial charge in [0, 0.05) is 23.7 Å². The fraction of sp³-hybridized carbons (Fsp3) is 0.261. The average molecular weight is 602 g/mol. The molecule has 1 amide bonds. The van der Waals surface area contributed by atoms with E-state index in [0.717, 1.165) is 10.1 Å². The number of anilines is 1. The highest BCUT2D eigenvalue weighted by Gasteiger charge is 2.38. The lowest BCUT2D eigenvalue weighted by Crippen LogP contribution is -2.37. The number of alkyl halides is 3. The summed E-state index contributed by atoms with van der Waals surface area (Å²) in [4.78, 5) is 43.2. The fourth-order valence-electron chi connectivity index (χ4n) is 3.45. The monoisotopic (exact) mass is 601 g/mol. The van der Waals surface area contributed by atoms with Gasteiger partial charge in [-0.25, -0.2) is 13.2 Å². The van der Waals surface area contributed by atoms with Gasteiger partial charge in [-0.1, -0.05) is 12.1 Å². The Morgan fingerprint density at radius 3 is 2.37 bits per heavy atom. The number of rotatable bonds is 9. The standard InChI is InChI=1S/C21H25N7O5S.C2HF3O2/c1-12-10-14-4-3-5-17(18(14)25-11-12)34(31,32)27-15-7-6-13(2)28(20(15)30)16(19(22)29)8-9-33-26-21(23)24;3-2(4,5)1(6)7/h3-7,10-11,16,27H,8-9H2,1-2H3,(H2,22,29)(H4,23,24,26);(H,6,7). The molecule has 3 rings (SSSR count). The molecule has 222 valence electrons. The molecule has 1 aromatic carbocycles. The number of benzene rings is 1. The molecule has 0 aliphatic rings. The highest BCUT2D eigenvalue weighted by molar-refractivity contribution is 7.93. The van der Waals surface area contributed by atoms with E-state index in [1.807, 2.05) is 13.0 Å². The number of carboxylic acid groups (broad SMARTS) is 1. The molecule has 0 aliphatic heterocycles. The number of fused-ring (bicyclic) bond motifs is 1. The van der Waals surface area contributed by atoms with Crippen LogP contribution < -0.4 is 27.5 Å². The molecule has 1 unspecified atom stereocenters. The van der Waals surface area contributed by atoms with Crippen molar-refractivity contribution in [2.75, 3.05) is 11.3 Å². The zero-order chi connectivity index (χ0) is 31.1. The Hall–Kier alpha value is -4.87. The van der Waals surface area contributed by atoms with Gasteiger partial charge in [0.2, 0.25) is 11.9 Å². The number of hydrogen-bond donors (Lipinski definition) is 5. The van der Waals surface area contributed by atoms with Crippen molar-refractivity contribution in [1.29, 1.82) is 0 Å². The van der Waals surface area contributed by atoms with Crippen LogP contribution in [0.15, 0.2) is 57.4 Å². The Labute approximate surface area is 230 Å². The number of carbonyl (C=O) groups is 2. The number of oxime groups is 1. The SMILES string of the molecule is Cc1cnc2c(S(=O)(=O)Nc3ccc(C)n(C(CCON=C(N)N)C(N)=O)c3=O)cccc2c1.O=C(O)C(F)(F)F. The number of sulfonamides is 1. The minimum absolute atomic E-state index is 0.0321. The molecule has 0 bridgehead atoms. The fourth-order valence-corrected chi connectivity index (χ4v) is 4.69. The molecule has 0 spiro atoms. The molecule has 0 radical (unpaired) electrons. The summed E-state index contributed by atoms with van der Waals surface area (Å²) in [5.74, 6) is -3.88. The van der Waals surface area contributed by atoms with Crippen LogP contribution >= 0.6 is 0 Å². The first-order chi connectivity index (χ1) is 19.0. The zero-order valence-electron chi connectivity index (χ0n) is 21.5. The van der Waals surface area contributed by atoms with Crippen molar-refractivity contribution in [2.24, 2.45) is 22.4 Å². The number of primary amides is 1. The molecular formula is C23H26F3N7O7S. The minimum atomic E-state index is -5.08. The number of nitrogens with zero attached hydrogens (tertiary/aromatic N) is 3. The molecule has 41 heavy (non-hydrogen) atoms. The third-order valence-corrected chi connectivity index (χ3v) is 6.60. The van der Waals surface area contributed by atoms with Crippen LogP contribution in [0.3, 0.4) is 0 Å². The van der Waals surface area contributed by atoms with Crippen molar-refractivity contribution in [2.45, 2.75) is 37.4 Å². The molecule has 0 saturated carbocycles. The number of para-hydroxylation sites is 1. The number of guanidine groups is 1. The summed E-state index contributed by atoms with van der Waals surface area (Å²) >= 11 is 0. The van der Waals surface area contributed by atoms with Crippen LogP contribution in [-0.2, 0) is 24.4 Å². The van der Waals surface area contributed by atoms with E-state index >= 15 is 0 Å². The maximum absolute atomic E-state index is 13.2. The summed E-state index contributed by atoms with van der Waals surface area (Å²) in [5.41, 5.74) is 16.4. The Morgan fingerprint density at radius 1 is 1.17 bits per heavy atom. The molecule has 14 nitrogen and oxygen atoms in total. The Morgan fingerprint density at radius 2 is 1.80 bits per heavy atom. The maximum Gasteiger partial charge on any atom is 0.490 e. The molecule has 0 fully saturated rings. The van der Waals surface area contributed by atoms with Crippen LogP contribution in [0.1, 0.15) is 23.7 Å². The molecule has 1 atom stereocenters. The number of hydrogen-bond acceptors (Lipinski definition) is 8. The molecule has 18 heteroatoms.